The van der Waals surface area contributed by atoms with E-state index in [2.05, 4.69) is 0 Å². The molecule has 0 radical (unpaired) electrons. The van der Waals surface area contributed by atoms with Crippen molar-refractivity contribution < 1.29 is 19.1 Å². The first-order valence-electron chi connectivity index (χ1n) is 6.07. The fourth-order valence-corrected chi connectivity index (χ4v) is 4.20. The highest BCUT2D eigenvalue weighted by Gasteiger charge is 2.41. The molecule has 2 rings (SSSR count). The molecule has 20 heavy (non-hydrogen) atoms. The molecule has 4 nitrogen and oxygen atoms in total. The van der Waals surface area contributed by atoms with Crippen LogP contribution < -0.4 is 0 Å². The number of hydrogen-bond donors (Lipinski definition) is 1. The van der Waals surface area contributed by atoms with E-state index in [9.17, 15) is 19.1 Å². The van der Waals surface area contributed by atoms with E-state index in [1.807, 2.05) is 29.5 Å². The van der Waals surface area contributed by atoms with Crippen LogP contribution in [0.25, 0.3) is 0 Å². The molecule has 1 aliphatic rings. The highest BCUT2D eigenvalue weighted by molar-refractivity contribution is 14.1. The van der Waals surface area contributed by atoms with Crippen LogP contribution >= 0.6 is 34.4 Å². The molecule has 1 aromatic carbocycles. The average Bonchev–Trinajstić information content (AvgIpc) is 2.81. The molecular formula is C13H13FINO3S. The number of nitrogens with zero attached hydrogens (tertiary/aromatic N) is 1. The van der Waals surface area contributed by atoms with Gasteiger partial charge in [-0.1, -0.05) is 6.92 Å². The third-order valence-electron chi connectivity index (χ3n) is 3.12. The molecule has 2 unspecified atom stereocenters. The second-order valence-corrected chi connectivity index (χ2v) is 6.76. The topological polar surface area (TPSA) is 57.6 Å². The number of amides is 1. The van der Waals surface area contributed by atoms with Gasteiger partial charge in [0.05, 0.1) is 10.9 Å². The van der Waals surface area contributed by atoms with E-state index >= 15 is 0 Å². The Morgan fingerprint density at radius 1 is 1.55 bits per heavy atom. The van der Waals surface area contributed by atoms with Crippen molar-refractivity contribution in [3.05, 3.63) is 33.1 Å². The molecule has 0 aromatic heterocycles. The van der Waals surface area contributed by atoms with Crippen molar-refractivity contribution in [3.8, 4) is 0 Å². The average molecular weight is 409 g/mol. The summed E-state index contributed by atoms with van der Waals surface area (Å²) in [6, 6.07) is 3.08. The lowest BCUT2D eigenvalue weighted by Gasteiger charge is -2.27. The van der Waals surface area contributed by atoms with Gasteiger partial charge in [-0.3, -0.25) is 4.79 Å². The van der Waals surface area contributed by atoms with Gasteiger partial charge in [-0.25, -0.2) is 9.18 Å². The van der Waals surface area contributed by atoms with Crippen LogP contribution in [-0.2, 0) is 4.79 Å². The quantitative estimate of drug-likeness (QED) is 0.781. The number of aliphatic carboxylic acids is 1. The normalized spacial score (nSPS) is 22.1. The number of benzene rings is 1. The van der Waals surface area contributed by atoms with Gasteiger partial charge in [-0.15, -0.1) is 11.8 Å². The molecular weight excluding hydrogens is 396 g/mol. The number of carboxylic acid groups (broad SMARTS) is 1. The Labute approximate surface area is 133 Å². The van der Waals surface area contributed by atoms with E-state index in [4.69, 9.17) is 0 Å². The molecule has 1 amide bonds. The van der Waals surface area contributed by atoms with Gasteiger partial charge in [0.2, 0.25) is 0 Å². The summed E-state index contributed by atoms with van der Waals surface area (Å²) >= 11 is 3.36. The third kappa shape index (κ3) is 2.93. The largest absolute Gasteiger partial charge is 0.480 e. The minimum absolute atomic E-state index is 0.149. The highest BCUT2D eigenvalue weighted by Crippen LogP contribution is 2.33. The zero-order valence-electron chi connectivity index (χ0n) is 10.7. The Morgan fingerprint density at radius 2 is 2.25 bits per heavy atom. The fraction of sp³-hybridized carbons (Fsp3) is 0.385. The van der Waals surface area contributed by atoms with E-state index in [0.29, 0.717) is 21.3 Å². The van der Waals surface area contributed by atoms with E-state index in [1.54, 1.807) is 0 Å². The van der Waals surface area contributed by atoms with Crippen LogP contribution in [0.3, 0.4) is 0 Å². The number of halogens is 2. The maximum absolute atomic E-state index is 13.1. The minimum atomic E-state index is -1.00. The smallest absolute Gasteiger partial charge is 0.327 e. The van der Waals surface area contributed by atoms with E-state index in [-0.39, 0.29) is 11.3 Å². The van der Waals surface area contributed by atoms with Crippen LogP contribution in [0.4, 0.5) is 4.39 Å². The van der Waals surface area contributed by atoms with Gasteiger partial charge in [-0.05, 0) is 47.2 Å². The summed E-state index contributed by atoms with van der Waals surface area (Å²) in [5.41, 5.74) is 0.346. The van der Waals surface area contributed by atoms with Crippen LogP contribution in [0.1, 0.15) is 23.7 Å². The van der Waals surface area contributed by atoms with Gasteiger partial charge in [-0.2, -0.15) is 0 Å². The Bertz CT molecular complexity index is 554. The SMILES string of the molecule is CCC1SCC(C(=O)O)N1C(=O)c1ccc(F)cc1I. The zero-order valence-corrected chi connectivity index (χ0v) is 13.7. The second-order valence-electron chi connectivity index (χ2n) is 4.39. The maximum atomic E-state index is 13.1. The zero-order chi connectivity index (χ0) is 14.9. The second kappa shape index (κ2) is 6.30. The van der Waals surface area contributed by atoms with Gasteiger partial charge < -0.3 is 10.0 Å². The number of carboxylic acids is 1. The predicted molar refractivity (Wildman–Crippen MR) is 83.2 cm³/mol. The summed E-state index contributed by atoms with van der Waals surface area (Å²) < 4.78 is 13.6. The molecule has 0 saturated carbocycles. The lowest BCUT2D eigenvalue weighted by Crippen LogP contribution is -2.45. The van der Waals surface area contributed by atoms with Crippen molar-refractivity contribution in [2.45, 2.75) is 24.8 Å². The number of hydrogen-bond acceptors (Lipinski definition) is 3. The summed E-state index contributed by atoms with van der Waals surface area (Å²) in [5, 5.41) is 9.09. The summed E-state index contributed by atoms with van der Waals surface area (Å²) in [4.78, 5) is 25.3. The first kappa shape index (κ1) is 15.6. The molecule has 2 atom stereocenters. The van der Waals surface area contributed by atoms with Gasteiger partial charge in [0, 0.05) is 9.32 Å². The monoisotopic (exact) mass is 409 g/mol. The third-order valence-corrected chi connectivity index (χ3v) is 5.47. The van der Waals surface area contributed by atoms with E-state index < -0.39 is 17.8 Å². The van der Waals surface area contributed by atoms with Crippen LogP contribution in [0.5, 0.6) is 0 Å². The van der Waals surface area contributed by atoms with Crippen molar-refractivity contribution in [3.63, 3.8) is 0 Å². The Balaban J connectivity index is 2.36. The number of rotatable bonds is 3. The van der Waals surface area contributed by atoms with E-state index in [0.717, 1.165) is 0 Å². The summed E-state index contributed by atoms with van der Waals surface area (Å²) in [7, 11) is 0. The van der Waals surface area contributed by atoms with Crippen molar-refractivity contribution in [2.75, 3.05) is 5.75 Å². The van der Waals surface area contributed by atoms with Crippen LogP contribution in [0.15, 0.2) is 18.2 Å². The Morgan fingerprint density at radius 3 is 2.80 bits per heavy atom. The van der Waals surface area contributed by atoms with Crippen LogP contribution in [-0.4, -0.2) is 39.1 Å². The maximum Gasteiger partial charge on any atom is 0.327 e. The Hall–Kier alpha value is -0.830. The number of carbonyl (C=O) groups is 2. The predicted octanol–water partition coefficient (Wildman–Crippen LogP) is 2.81. The lowest BCUT2D eigenvalue weighted by molar-refractivity contribution is -0.141. The molecule has 1 fully saturated rings. The van der Waals surface area contributed by atoms with Gasteiger partial charge in [0.1, 0.15) is 11.9 Å². The Kier molecular flexibility index (Phi) is 4.90. The molecule has 0 bridgehead atoms. The van der Waals surface area contributed by atoms with Gasteiger partial charge in [0.25, 0.3) is 5.91 Å². The highest BCUT2D eigenvalue weighted by atomic mass is 127. The molecule has 1 aliphatic heterocycles. The molecule has 0 spiro atoms. The minimum Gasteiger partial charge on any atom is -0.480 e. The number of thioether (sulfide) groups is 1. The molecule has 1 heterocycles. The van der Waals surface area contributed by atoms with Gasteiger partial charge >= 0.3 is 5.97 Å². The van der Waals surface area contributed by atoms with Crippen LogP contribution in [0.2, 0.25) is 0 Å². The van der Waals surface area contributed by atoms with Crippen molar-refractivity contribution in [1.29, 1.82) is 0 Å². The van der Waals surface area contributed by atoms with Crippen LogP contribution in [0, 0.1) is 9.39 Å². The summed E-state index contributed by atoms with van der Waals surface area (Å²) in [5.74, 6) is -1.38. The standard InChI is InChI=1S/C13H13FINO3S/c1-2-11-16(10(6-20-11)13(18)19)12(17)8-4-3-7(14)5-9(8)15/h3-5,10-11H,2,6H2,1H3,(H,18,19). The van der Waals surface area contributed by atoms with Crippen molar-refractivity contribution in [2.24, 2.45) is 0 Å². The molecule has 1 N–H and O–H groups in total. The molecule has 1 saturated heterocycles. The molecule has 108 valence electrons. The van der Waals surface area contributed by atoms with Crippen molar-refractivity contribution in [1.82, 2.24) is 4.90 Å². The fourth-order valence-electron chi connectivity index (χ4n) is 2.14. The first-order valence-corrected chi connectivity index (χ1v) is 8.20. The molecule has 7 heteroatoms. The molecule has 0 aliphatic carbocycles. The summed E-state index contributed by atoms with van der Waals surface area (Å²) in [6.07, 6.45) is 0.679. The summed E-state index contributed by atoms with van der Waals surface area (Å²) in [6.45, 7) is 1.91. The van der Waals surface area contributed by atoms with E-state index in [1.165, 1.54) is 34.9 Å². The first-order chi connectivity index (χ1) is 9.45. The van der Waals surface area contributed by atoms with Gasteiger partial charge in [0.15, 0.2) is 0 Å². The molecule has 1 aromatic rings. The van der Waals surface area contributed by atoms with Crippen molar-refractivity contribution >= 4 is 46.2 Å². The lowest BCUT2D eigenvalue weighted by atomic mass is 10.1. The number of carbonyl (C=O) groups excluding carboxylic acids is 1.